The second-order valence-corrected chi connectivity index (χ2v) is 4.99. The summed E-state index contributed by atoms with van der Waals surface area (Å²) in [6, 6.07) is 2.25. The molecule has 0 radical (unpaired) electrons. The Morgan fingerprint density at radius 2 is 2.20 bits per heavy atom. The van der Waals surface area contributed by atoms with Gasteiger partial charge in [-0.05, 0) is 42.8 Å². The fourth-order valence-electron chi connectivity index (χ4n) is 1.67. The van der Waals surface area contributed by atoms with Crippen LogP contribution in [0.4, 0.5) is 5.95 Å². The largest absolute Gasteiger partial charge is 0.367 e. The maximum atomic E-state index is 5.67. The third kappa shape index (κ3) is 1.72. The number of aryl methyl sites for hydroxylation is 2. The summed E-state index contributed by atoms with van der Waals surface area (Å²) in [4.78, 5) is 2.58. The standard InChI is InChI=1S/C9H13N5S/c1-5-4-8(7(3)15-5)6(2)14-9(10)11-12-13-14/h4,6H,1-3H3,(H2,10,11,13). The Labute approximate surface area is 91.9 Å². The number of anilines is 1. The minimum Gasteiger partial charge on any atom is -0.367 e. The summed E-state index contributed by atoms with van der Waals surface area (Å²) in [6.45, 7) is 6.24. The molecule has 2 aromatic heterocycles. The first-order chi connectivity index (χ1) is 7.09. The first-order valence-electron chi connectivity index (χ1n) is 4.70. The molecule has 2 N–H and O–H groups in total. The molecule has 0 amide bonds. The predicted molar refractivity (Wildman–Crippen MR) is 59.8 cm³/mol. The topological polar surface area (TPSA) is 69.6 Å². The van der Waals surface area contributed by atoms with Gasteiger partial charge in [0.15, 0.2) is 0 Å². The van der Waals surface area contributed by atoms with Gasteiger partial charge in [0.25, 0.3) is 0 Å². The van der Waals surface area contributed by atoms with Gasteiger partial charge in [0.2, 0.25) is 5.95 Å². The Bertz CT molecular complexity index is 473. The first-order valence-corrected chi connectivity index (χ1v) is 5.51. The van der Waals surface area contributed by atoms with Crippen LogP contribution < -0.4 is 5.73 Å². The summed E-state index contributed by atoms with van der Waals surface area (Å²) in [5, 5.41) is 11.1. The highest BCUT2D eigenvalue weighted by Crippen LogP contribution is 2.28. The van der Waals surface area contributed by atoms with E-state index >= 15 is 0 Å². The number of tetrazole rings is 1. The molecule has 1 atom stereocenters. The Balaban J connectivity index is 2.40. The quantitative estimate of drug-likeness (QED) is 0.838. The van der Waals surface area contributed by atoms with Crippen LogP contribution in [-0.2, 0) is 0 Å². The van der Waals surface area contributed by atoms with Crippen molar-refractivity contribution in [3.8, 4) is 0 Å². The third-order valence-electron chi connectivity index (χ3n) is 2.41. The van der Waals surface area contributed by atoms with Crippen LogP contribution >= 0.6 is 11.3 Å². The van der Waals surface area contributed by atoms with Crippen LogP contribution in [0.2, 0.25) is 0 Å². The van der Waals surface area contributed by atoms with Gasteiger partial charge in [0.05, 0.1) is 6.04 Å². The number of hydrogen-bond acceptors (Lipinski definition) is 5. The molecule has 0 aromatic carbocycles. The highest BCUT2D eigenvalue weighted by atomic mass is 32.1. The van der Waals surface area contributed by atoms with E-state index in [4.69, 9.17) is 5.73 Å². The molecule has 2 heterocycles. The van der Waals surface area contributed by atoms with Crippen molar-refractivity contribution in [3.05, 3.63) is 21.4 Å². The van der Waals surface area contributed by atoms with E-state index in [1.54, 1.807) is 16.0 Å². The maximum Gasteiger partial charge on any atom is 0.240 e. The molecule has 80 valence electrons. The van der Waals surface area contributed by atoms with Gasteiger partial charge in [0, 0.05) is 9.75 Å². The molecule has 0 aliphatic rings. The van der Waals surface area contributed by atoms with Crippen molar-refractivity contribution < 1.29 is 0 Å². The highest BCUT2D eigenvalue weighted by molar-refractivity contribution is 7.12. The molecular formula is C9H13N5S. The van der Waals surface area contributed by atoms with E-state index in [-0.39, 0.29) is 6.04 Å². The molecule has 0 bridgehead atoms. The van der Waals surface area contributed by atoms with Gasteiger partial charge in [-0.25, -0.2) is 4.68 Å². The van der Waals surface area contributed by atoms with Crippen LogP contribution in [0, 0.1) is 13.8 Å². The molecule has 0 aliphatic carbocycles. The molecule has 0 saturated heterocycles. The van der Waals surface area contributed by atoms with Crippen LogP contribution in [0.15, 0.2) is 6.07 Å². The minimum absolute atomic E-state index is 0.0879. The summed E-state index contributed by atoms with van der Waals surface area (Å²) in [5.74, 6) is 0.353. The van der Waals surface area contributed by atoms with Crippen molar-refractivity contribution in [3.63, 3.8) is 0 Å². The summed E-state index contributed by atoms with van der Waals surface area (Å²) < 4.78 is 1.63. The molecule has 0 fully saturated rings. The Morgan fingerprint density at radius 1 is 1.47 bits per heavy atom. The molecule has 15 heavy (non-hydrogen) atoms. The lowest BCUT2D eigenvalue weighted by Gasteiger charge is -2.11. The monoisotopic (exact) mass is 223 g/mol. The Morgan fingerprint density at radius 3 is 2.67 bits per heavy atom. The van der Waals surface area contributed by atoms with Crippen LogP contribution in [0.1, 0.15) is 28.3 Å². The van der Waals surface area contributed by atoms with Gasteiger partial charge in [-0.3, -0.25) is 0 Å². The van der Waals surface area contributed by atoms with Crippen LogP contribution in [0.25, 0.3) is 0 Å². The van der Waals surface area contributed by atoms with Gasteiger partial charge in [-0.2, -0.15) is 0 Å². The molecule has 0 spiro atoms. The van der Waals surface area contributed by atoms with Gasteiger partial charge in [-0.15, -0.1) is 11.3 Å². The zero-order chi connectivity index (χ0) is 11.0. The molecule has 0 saturated carbocycles. The van der Waals surface area contributed by atoms with Crippen molar-refractivity contribution in [2.45, 2.75) is 26.8 Å². The molecule has 2 aromatic rings. The zero-order valence-electron chi connectivity index (χ0n) is 8.93. The van der Waals surface area contributed by atoms with E-state index < -0.39 is 0 Å². The predicted octanol–water partition coefficient (Wildman–Crippen LogP) is 1.54. The second-order valence-electron chi connectivity index (χ2n) is 3.53. The summed E-state index contributed by atoms with van der Waals surface area (Å²) in [7, 11) is 0. The van der Waals surface area contributed by atoms with E-state index in [1.165, 1.54) is 15.3 Å². The van der Waals surface area contributed by atoms with Crippen LogP contribution in [0.5, 0.6) is 0 Å². The number of hydrogen-bond donors (Lipinski definition) is 1. The summed E-state index contributed by atoms with van der Waals surface area (Å²) in [6.07, 6.45) is 0. The van der Waals surface area contributed by atoms with Crippen LogP contribution in [-0.4, -0.2) is 20.2 Å². The minimum atomic E-state index is 0.0879. The van der Waals surface area contributed by atoms with Crippen molar-refractivity contribution >= 4 is 17.3 Å². The van der Waals surface area contributed by atoms with Crippen molar-refractivity contribution in [2.75, 3.05) is 5.73 Å². The van der Waals surface area contributed by atoms with Gasteiger partial charge in [-0.1, -0.05) is 5.10 Å². The normalized spacial score (nSPS) is 13.0. The average Bonchev–Trinajstić information content (AvgIpc) is 2.71. The number of thiophene rings is 1. The molecule has 1 unspecified atom stereocenters. The zero-order valence-corrected chi connectivity index (χ0v) is 9.75. The van der Waals surface area contributed by atoms with Crippen LogP contribution in [0.3, 0.4) is 0 Å². The number of nitrogens with two attached hydrogens (primary N) is 1. The number of aromatic nitrogens is 4. The Kier molecular flexibility index (Phi) is 2.44. The van der Waals surface area contributed by atoms with E-state index in [1.807, 2.05) is 6.92 Å². The smallest absolute Gasteiger partial charge is 0.240 e. The van der Waals surface area contributed by atoms with E-state index in [2.05, 4.69) is 35.4 Å². The summed E-state index contributed by atoms with van der Waals surface area (Å²) in [5.41, 5.74) is 6.90. The van der Waals surface area contributed by atoms with E-state index in [0.717, 1.165) is 0 Å². The van der Waals surface area contributed by atoms with Gasteiger partial charge in [0.1, 0.15) is 0 Å². The average molecular weight is 223 g/mol. The van der Waals surface area contributed by atoms with Gasteiger partial charge < -0.3 is 5.73 Å². The molecule has 6 heteroatoms. The summed E-state index contributed by atoms with van der Waals surface area (Å²) >= 11 is 1.78. The highest BCUT2D eigenvalue weighted by Gasteiger charge is 2.16. The third-order valence-corrected chi connectivity index (χ3v) is 3.40. The van der Waals surface area contributed by atoms with Crippen molar-refractivity contribution in [1.29, 1.82) is 0 Å². The molecule has 5 nitrogen and oxygen atoms in total. The number of rotatable bonds is 2. The number of nitrogens with zero attached hydrogens (tertiary/aromatic N) is 4. The maximum absolute atomic E-state index is 5.67. The molecule has 0 aliphatic heterocycles. The fraction of sp³-hybridized carbons (Fsp3) is 0.444. The van der Waals surface area contributed by atoms with Gasteiger partial charge >= 0.3 is 0 Å². The second kappa shape index (κ2) is 3.62. The number of nitrogen functional groups attached to an aromatic ring is 1. The first kappa shape index (κ1) is 10.1. The lowest BCUT2D eigenvalue weighted by molar-refractivity contribution is 0.549. The van der Waals surface area contributed by atoms with E-state index in [9.17, 15) is 0 Å². The Hall–Kier alpha value is -1.43. The van der Waals surface area contributed by atoms with Crippen molar-refractivity contribution in [2.24, 2.45) is 0 Å². The lowest BCUT2D eigenvalue weighted by atomic mass is 10.1. The molecular weight excluding hydrogens is 210 g/mol. The van der Waals surface area contributed by atoms with Crippen molar-refractivity contribution in [1.82, 2.24) is 20.2 Å². The fourth-order valence-corrected chi connectivity index (χ4v) is 2.69. The SMILES string of the molecule is Cc1cc(C(C)n2nnnc2N)c(C)s1. The lowest BCUT2D eigenvalue weighted by Crippen LogP contribution is -2.12. The van der Waals surface area contributed by atoms with E-state index in [0.29, 0.717) is 5.95 Å². The molecule has 2 rings (SSSR count).